The molecule has 1 amide bonds. The molecule has 1 aromatic heterocycles. The molecule has 0 saturated heterocycles. The fraction of sp³-hybridized carbons (Fsp3) is 0.333. The highest BCUT2D eigenvalue weighted by molar-refractivity contribution is 5.95. The van der Waals surface area contributed by atoms with E-state index in [2.05, 4.69) is 10.3 Å². The number of aryl methyl sites for hydroxylation is 1. The van der Waals surface area contributed by atoms with Crippen molar-refractivity contribution in [2.45, 2.75) is 26.2 Å². The molecule has 1 fully saturated rings. The number of hydrogen-bond donors (Lipinski definition) is 2. The minimum atomic E-state index is -0.614. The molecule has 0 aliphatic heterocycles. The molecule has 2 aromatic rings. The molecule has 1 heterocycles. The third-order valence-corrected chi connectivity index (χ3v) is 4.33. The molecule has 0 radical (unpaired) electrons. The summed E-state index contributed by atoms with van der Waals surface area (Å²) in [7, 11) is 0. The highest BCUT2D eigenvalue weighted by atomic mass is 16.5. The summed E-state index contributed by atoms with van der Waals surface area (Å²) in [6.07, 6.45) is 4.01. The van der Waals surface area contributed by atoms with Crippen LogP contribution in [0.3, 0.4) is 0 Å². The molecule has 2 N–H and O–H groups in total. The van der Waals surface area contributed by atoms with Gasteiger partial charge in [0.15, 0.2) is 0 Å². The second-order valence-corrected chi connectivity index (χ2v) is 6.05. The zero-order chi connectivity index (χ0) is 16.3. The van der Waals surface area contributed by atoms with E-state index in [1.807, 2.05) is 31.2 Å². The fourth-order valence-corrected chi connectivity index (χ4v) is 2.57. The van der Waals surface area contributed by atoms with Crippen molar-refractivity contribution in [1.82, 2.24) is 4.98 Å². The predicted octanol–water partition coefficient (Wildman–Crippen LogP) is 3.28. The van der Waals surface area contributed by atoms with E-state index in [4.69, 9.17) is 4.74 Å². The lowest BCUT2D eigenvalue weighted by Crippen LogP contribution is -2.44. The van der Waals surface area contributed by atoms with Crippen LogP contribution in [-0.2, 0) is 4.79 Å². The molecule has 5 nitrogen and oxygen atoms in total. The third-order valence-electron chi connectivity index (χ3n) is 4.33. The molecule has 1 saturated carbocycles. The number of carbonyl (C=O) groups excluding carboxylic acids is 1. The summed E-state index contributed by atoms with van der Waals surface area (Å²) in [6, 6.07) is 11.2. The van der Waals surface area contributed by atoms with Crippen LogP contribution in [0.5, 0.6) is 11.6 Å². The summed E-state index contributed by atoms with van der Waals surface area (Å²) in [4.78, 5) is 16.4. The highest BCUT2D eigenvalue weighted by Crippen LogP contribution is 2.41. The van der Waals surface area contributed by atoms with Gasteiger partial charge < -0.3 is 15.2 Å². The Labute approximate surface area is 135 Å². The van der Waals surface area contributed by atoms with E-state index in [0.717, 1.165) is 24.8 Å². The second kappa shape index (κ2) is 6.38. The van der Waals surface area contributed by atoms with Crippen LogP contribution in [0.2, 0.25) is 0 Å². The number of aliphatic hydroxyl groups is 1. The Morgan fingerprint density at radius 1 is 1.26 bits per heavy atom. The van der Waals surface area contributed by atoms with Crippen molar-refractivity contribution in [1.29, 1.82) is 0 Å². The Bertz CT molecular complexity index is 671. The molecule has 23 heavy (non-hydrogen) atoms. The number of amides is 1. The standard InChI is InChI=1S/C18H20N2O3/c1-13-3-6-15(7-4-13)23-16-8-5-14(11-19-16)20-17(22)18(12-21)9-2-10-18/h3-8,11,21H,2,9-10,12H2,1H3,(H,20,22). The van der Waals surface area contributed by atoms with Crippen LogP contribution in [0, 0.1) is 12.3 Å². The molecule has 3 rings (SSSR count). The summed E-state index contributed by atoms with van der Waals surface area (Å²) >= 11 is 0. The van der Waals surface area contributed by atoms with Gasteiger partial charge >= 0.3 is 0 Å². The van der Waals surface area contributed by atoms with Gasteiger partial charge in [-0.15, -0.1) is 0 Å². The smallest absolute Gasteiger partial charge is 0.232 e. The monoisotopic (exact) mass is 312 g/mol. The van der Waals surface area contributed by atoms with Crippen molar-refractivity contribution >= 4 is 11.6 Å². The van der Waals surface area contributed by atoms with Crippen LogP contribution < -0.4 is 10.1 Å². The third kappa shape index (κ3) is 3.35. The number of ether oxygens (including phenoxy) is 1. The van der Waals surface area contributed by atoms with E-state index in [9.17, 15) is 9.90 Å². The van der Waals surface area contributed by atoms with Gasteiger partial charge in [-0.25, -0.2) is 4.98 Å². The summed E-state index contributed by atoms with van der Waals surface area (Å²) in [5, 5.41) is 12.2. The number of carbonyl (C=O) groups is 1. The number of rotatable bonds is 5. The van der Waals surface area contributed by atoms with E-state index in [0.29, 0.717) is 17.3 Å². The molecule has 0 spiro atoms. The largest absolute Gasteiger partial charge is 0.439 e. The van der Waals surface area contributed by atoms with E-state index in [1.54, 1.807) is 18.3 Å². The van der Waals surface area contributed by atoms with E-state index >= 15 is 0 Å². The topological polar surface area (TPSA) is 71.5 Å². The molecule has 0 atom stereocenters. The average molecular weight is 312 g/mol. The zero-order valence-corrected chi connectivity index (χ0v) is 13.1. The molecule has 120 valence electrons. The number of nitrogens with zero attached hydrogens (tertiary/aromatic N) is 1. The first-order chi connectivity index (χ1) is 11.1. The van der Waals surface area contributed by atoms with Crippen LogP contribution in [0.25, 0.3) is 0 Å². The number of aromatic nitrogens is 1. The number of pyridine rings is 1. The van der Waals surface area contributed by atoms with Crippen LogP contribution >= 0.6 is 0 Å². The van der Waals surface area contributed by atoms with Crippen molar-refractivity contribution < 1.29 is 14.6 Å². The molecule has 0 bridgehead atoms. The average Bonchev–Trinajstić information content (AvgIpc) is 2.51. The highest BCUT2D eigenvalue weighted by Gasteiger charge is 2.43. The summed E-state index contributed by atoms with van der Waals surface area (Å²) in [5.74, 6) is 1.04. The molecule has 5 heteroatoms. The summed E-state index contributed by atoms with van der Waals surface area (Å²) in [5.41, 5.74) is 1.15. The quantitative estimate of drug-likeness (QED) is 0.888. The molecule has 1 aromatic carbocycles. The van der Waals surface area contributed by atoms with E-state index in [-0.39, 0.29) is 12.5 Å². The minimum Gasteiger partial charge on any atom is -0.439 e. The lowest BCUT2D eigenvalue weighted by atomic mass is 9.68. The van der Waals surface area contributed by atoms with Gasteiger partial charge in [0.25, 0.3) is 0 Å². The van der Waals surface area contributed by atoms with Gasteiger partial charge in [0, 0.05) is 6.07 Å². The Balaban J connectivity index is 1.63. The first kappa shape index (κ1) is 15.5. The number of hydrogen-bond acceptors (Lipinski definition) is 4. The number of aliphatic hydroxyl groups excluding tert-OH is 1. The van der Waals surface area contributed by atoms with Gasteiger partial charge in [-0.3, -0.25) is 4.79 Å². The van der Waals surface area contributed by atoms with Crippen LogP contribution in [0.15, 0.2) is 42.6 Å². The number of benzene rings is 1. The Hall–Kier alpha value is -2.40. The molecular formula is C18H20N2O3. The van der Waals surface area contributed by atoms with Gasteiger partial charge in [-0.1, -0.05) is 24.1 Å². The lowest BCUT2D eigenvalue weighted by molar-refractivity contribution is -0.133. The first-order valence-electron chi connectivity index (χ1n) is 7.74. The number of nitrogens with one attached hydrogen (secondary N) is 1. The normalized spacial score (nSPS) is 15.6. The maximum absolute atomic E-state index is 12.2. The SMILES string of the molecule is Cc1ccc(Oc2ccc(NC(=O)C3(CO)CCC3)cn2)cc1. The van der Waals surface area contributed by atoms with E-state index < -0.39 is 5.41 Å². The number of anilines is 1. The zero-order valence-electron chi connectivity index (χ0n) is 13.1. The van der Waals surface area contributed by atoms with Crippen LogP contribution in [0.4, 0.5) is 5.69 Å². The van der Waals surface area contributed by atoms with Crippen molar-refractivity contribution in [3.63, 3.8) is 0 Å². The van der Waals surface area contributed by atoms with Crippen molar-refractivity contribution in [2.75, 3.05) is 11.9 Å². The van der Waals surface area contributed by atoms with Gasteiger partial charge in [0.2, 0.25) is 11.8 Å². The maximum Gasteiger partial charge on any atom is 0.232 e. The van der Waals surface area contributed by atoms with Crippen molar-refractivity contribution in [3.8, 4) is 11.6 Å². The summed E-state index contributed by atoms with van der Waals surface area (Å²) < 4.78 is 5.65. The van der Waals surface area contributed by atoms with Gasteiger partial charge in [0.1, 0.15) is 5.75 Å². The second-order valence-electron chi connectivity index (χ2n) is 6.05. The predicted molar refractivity (Wildman–Crippen MR) is 87.5 cm³/mol. The molecular weight excluding hydrogens is 292 g/mol. The van der Waals surface area contributed by atoms with Crippen LogP contribution in [0.1, 0.15) is 24.8 Å². The Kier molecular flexibility index (Phi) is 4.30. The van der Waals surface area contributed by atoms with Gasteiger partial charge in [-0.2, -0.15) is 0 Å². The fourth-order valence-electron chi connectivity index (χ4n) is 2.57. The minimum absolute atomic E-state index is 0.110. The first-order valence-corrected chi connectivity index (χ1v) is 7.74. The molecule has 1 aliphatic rings. The Morgan fingerprint density at radius 3 is 2.52 bits per heavy atom. The van der Waals surface area contributed by atoms with Gasteiger partial charge in [-0.05, 0) is 38.0 Å². The van der Waals surface area contributed by atoms with Crippen molar-refractivity contribution in [2.24, 2.45) is 5.41 Å². The lowest BCUT2D eigenvalue weighted by Gasteiger charge is -2.38. The van der Waals surface area contributed by atoms with E-state index in [1.165, 1.54) is 0 Å². The maximum atomic E-state index is 12.2. The summed E-state index contributed by atoms with van der Waals surface area (Å²) in [6.45, 7) is 1.90. The van der Waals surface area contributed by atoms with Gasteiger partial charge in [0.05, 0.1) is 23.9 Å². The molecule has 0 unspecified atom stereocenters. The van der Waals surface area contributed by atoms with Crippen molar-refractivity contribution in [3.05, 3.63) is 48.2 Å². The Morgan fingerprint density at radius 2 is 2.00 bits per heavy atom. The molecule has 1 aliphatic carbocycles. The van der Waals surface area contributed by atoms with Crippen LogP contribution in [-0.4, -0.2) is 22.6 Å².